The zero-order chi connectivity index (χ0) is 14.9. The van der Waals surface area contributed by atoms with Gasteiger partial charge >= 0.3 is 6.61 Å². The third kappa shape index (κ3) is 5.91. The van der Waals surface area contributed by atoms with Gasteiger partial charge in [-0.1, -0.05) is 12.1 Å². The molecule has 0 bridgehead atoms. The van der Waals surface area contributed by atoms with Gasteiger partial charge in [0.15, 0.2) is 0 Å². The number of aryl methyl sites for hydroxylation is 1. The fraction of sp³-hybridized carbons (Fsp3) is 0.400. The number of benzene rings is 1. The molecule has 0 saturated carbocycles. The summed E-state index contributed by atoms with van der Waals surface area (Å²) in [6.07, 6.45) is 7.71. The van der Waals surface area contributed by atoms with E-state index in [4.69, 9.17) is 0 Å². The van der Waals surface area contributed by atoms with Gasteiger partial charge in [0.05, 0.1) is 6.33 Å². The van der Waals surface area contributed by atoms with Crippen LogP contribution in [-0.4, -0.2) is 22.7 Å². The van der Waals surface area contributed by atoms with Crippen molar-refractivity contribution in [3.8, 4) is 5.75 Å². The second-order valence-corrected chi connectivity index (χ2v) is 4.71. The van der Waals surface area contributed by atoms with Gasteiger partial charge in [-0.15, -0.1) is 0 Å². The Morgan fingerprint density at radius 2 is 2.00 bits per heavy atom. The van der Waals surface area contributed by atoms with Gasteiger partial charge in [0, 0.05) is 25.5 Å². The lowest BCUT2D eigenvalue weighted by Gasteiger charge is -2.07. The third-order valence-electron chi connectivity index (χ3n) is 3.06. The molecular weight excluding hydrogens is 276 g/mol. The predicted octanol–water partition coefficient (Wildman–Crippen LogP) is 3.05. The molecule has 1 aromatic carbocycles. The Morgan fingerprint density at radius 1 is 1.19 bits per heavy atom. The first kappa shape index (κ1) is 15.4. The highest BCUT2D eigenvalue weighted by atomic mass is 19.3. The SMILES string of the molecule is FC(F)Oc1ccc(CNCCCCn2ccnc2)cc1. The lowest BCUT2D eigenvalue weighted by atomic mass is 10.2. The second-order valence-electron chi connectivity index (χ2n) is 4.71. The van der Waals surface area contributed by atoms with E-state index in [1.54, 1.807) is 30.5 Å². The van der Waals surface area contributed by atoms with Crippen LogP contribution in [0, 0.1) is 0 Å². The summed E-state index contributed by atoms with van der Waals surface area (Å²) < 4.78 is 30.4. The fourth-order valence-corrected chi connectivity index (χ4v) is 1.98. The first-order valence-electron chi connectivity index (χ1n) is 6.94. The van der Waals surface area contributed by atoms with Crippen LogP contribution >= 0.6 is 0 Å². The zero-order valence-electron chi connectivity index (χ0n) is 11.7. The largest absolute Gasteiger partial charge is 0.435 e. The van der Waals surface area contributed by atoms with Crippen molar-refractivity contribution in [2.75, 3.05) is 6.54 Å². The van der Waals surface area contributed by atoms with Crippen LogP contribution in [0.1, 0.15) is 18.4 Å². The van der Waals surface area contributed by atoms with Crippen LogP contribution in [0.5, 0.6) is 5.75 Å². The molecule has 6 heteroatoms. The second kappa shape index (κ2) is 8.36. The van der Waals surface area contributed by atoms with E-state index in [1.807, 2.05) is 12.5 Å². The molecule has 2 rings (SSSR count). The van der Waals surface area contributed by atoms with Crippen LogP contribution in [-0.2, 0) is 13.1 Å². The quantitative estimate of drug-likeness (QED) is 0.723. The molecule has 0 aliphatic heterocycles. The van der Waals surface area contributed by atoms with Crippen molar-refractivity contribution in [3.63, 3.8) is 0 Å². The summed E-state index contributed by atoms with van der Waals surface area (Å²) in [5.74, 6) is 0.189. The van der Waals surface area contributed by atoms with E-state index in [2.05, 4.69) is 19.6 Å². The molecule has 1 aromatic heterocycles. The molecule has 2 aromatic rings. The lowest BCUT2D eigenvalue weighted by molar-refractivity contribution is -0.0498. The van der Waals surface area contributed by atoms with Gasteiger partial charge in [0.25, 0.3) is 0 Å². The van der Waals surface area contributed by atoms with Crippen molar-refractivity contribution in [1.29, 1.82) is 0 Å². The number of aromatic nitrogens is 2. The van der Waals surface area contributed by atoms with E-state index in [1.165, 1.54) is 0 Å². The molecule has 0 aliphatic rings. The van der Waals surface area contributed by atoms with E-state index < -0.39 is 6.61 Å². The van der Waals surface area contributed by atoms with Crippen molar-refractivity contribution in [1.82, 2.24) is 14.9 Å². The highest BCUT2D eigenvalue weighted by molar-refractivity contribution is 5.27. The molecule has 21 heavy (non-hydrogen) atoms. The monoisotopic (exact) mass is 295 g/mol. The maximum atomic E-state index is 12.0. The minimum absolute atomic E-state index is 0.189. The zero-order valence-corrected chi connectivity index (χ0v) is 11.7. The van der Waals surface area contributed by atoms with Crippen LogP contribution in [0.4, 0.5) is 8.78 Å². The Labute approximate surface area is 122 Å². The van der Waals surface area contributed by atoms with Crippen LogP contribution in [0.2, 0.25) is 0 Å². The molecule has 0 spiro atoms. The summed E-state index contributed by atoms with van der Waals surface area (Å²) in [6, 6.07) is 6.69. The van der Waals surface area contributed by atoms with Gasteiger partial charge in [-0.05, 0) is 37.1 Å². The van der Waals surface area contributed by atoms with E-state index >= 15 is 0 Å². The highest BCUT2D eigenvalue weighted by Gasteiger charge is 2.03. The molecule has 0 radical (unpaired) electrons. The number of nitrogens with one attached hydrogen (secondary N) is 1. The Balaban J connectivity index is 1.58. The summed E-state index contributed by atoms with van der Waals surface area (Å²) in [6.45, 7) is -0.157. The summed E-state index contributed by atoms with van der Waals surface area (Å²) in [4.78, 5) is 3.99. The molecule has 1 heterocycles. The Morgan fingerprint density at radius 3 is 2.67 bits per heavy atom. The Bertz CT molecular complexity index is 500. The van der Waals surface area contributed by atoms with E-state index in [9.17, 15) is 8.78 Å². The number of ether oxygens (including phenoxy) is 1. The highest BCUT2D eigenvalue weighted by Crippen LogP contribution is 2.14. The van der Waals surface area contributed by atoms with Gasteiger partial charge in [0.2, 0.25) is 0 Å². The molecule has 0 atom stereocenters. The number of imidazole rings is 1. The maximum Gasteiger partial charge on any atom is 0.387 e. The van der Waals surface area contributed by atoms with Crippen LogP contribution in [0.3, 0.4) is 0 Å². The maximum absolute atomic E-state index is 12.0. The molecular formula is C15H19F2N3O. The minimum atomic E-state index is -2.77. The minimum Gasteiger partial charge on any atom is -0.435 e. The van der Waals surface area contributed by atoms with Crippen LogP contribution < -0.4 is 10.1 Å². The number of hydrogen-bond acceptors (Lipinski definition) is 3. The fourth-order valence-electron chi connectivity index (χ4n) is 1.98. The van der Waals surface area contributed by atoms with Gasteiger partial charge in [0.1, 0.15) is 5.75 Å². The summed E-state index contributed by atoms with van der Waals surface area (Å²) in [7, 11) is 0. The van der Waals surface area contributed by atoms with Gasteiger partial charge in [-0.2, -0.15) is 8.78 Å². The molecule has 0 unspecified atom stereocenters. The number of halogens is 2. The van der Waals surface area contributed by atoms with E-state index in [-0.39, 0.29) is 5.75 Å². The smallest absolute Gasteiger partial charge is 0.387 e. The van der Waals surface area contributed by atoms with Crippen molar-refractivity contribution >= 4 is 0 Å². The third-order valence-corrected chi connectivity index (χ3v) is 3.06. The normalized spacial score (nSPS) is 11.0. The van der Waals surface area contributed by atoms with Crippen LogP contribution in [0.15, 0.2) is 43.0 Å². The first-order valence-corrected chi connectivity index (χ1v) is 6.94. The molecule has 1 N–H and O–H groups in total. The average Bonchev–Trinajstić information content (AvgIpc) is 2.97. The van der Waals surface area contributed by atoms with Crippen LogP contribution in [0.25, 0.3) is 0 Å². The van der Waals surface area contributed by atoms with Crippen molar-refractivity contribution in [3.05, 3.63) is 48.5 Å². The van der Waals surface area contributed by atoms with Crippen molar-refractivity contribution < 1.29 is 13.5 Å². The number of hydrogen-bond donors (Lipinski definition) is 1. The topological polar surface area (TPSA) is 39.1 Å². The molecule has 0 saturated heterocycles. The summed E-state index contributed by atoms with van der Waals surface area (Å²) in [5.41, 5.74) is 1.05. The Kier molecular flexibility index (Phi) is 6.15. The molecule has 0 aliphatic carbocycles. The molecule has 0 amide bonds. The average molecular weight is 295 g/mol. The number of alkyl halides is 2. The standard InChI is InChI=1S/C15H19F2N3O/c16-15(17)21-14-5-3-13(4-6-14)11-18-7-1-2-9-20-10-8-19-12-20/h3-6,8,10,12,15,18H,1-2,7,9,11H2. The summed E-state index contributed by atoms with van der Waals surface area (Å²) in [5, 5.41) is 3.33. The number of nitrogens with zero attached hydrogens (tertiary/aromatic N) is 2. The summed E-state index contributed by atoms with van der Waals surface area (Å²) >= 11 is 0. The molecule has 0 fully saturated rings. The lowest BCUT2D eigenvalue weighted by Crippen LogP contribution is -2.15. The van der Waals surface area contributed by atoms with Crippen molar-refractivity contribution in [2.45, 2.75) is 32.5 Å². The van der Waals surface area contributed by atoms with E-state index in [0.717, 1.165) is 38.0 Å². The van der Waals surface area contributed by atoms with E-state index in [0.29, 0.717) is 0 Å². The molecule has 114 valence electrons. The van der Waals surface area contributed by atoms with Gasteiger partial charge in [-0.3, -0.25) is 0 Å². The van der Waals surface area contributed by atoms with Gasteiger partial charge < -0.3 is 14.6 Å². The number of rotatable bonds is 9. The number of unbranched alkanes of at least 4 members (excludes halogenated alkanes) is 1. The first-order chi connectivity index (χ1) is 10.2. The molecule has 4 nitrogen and oxygen atoms in total. The predicted molar refractivity (Wildman–Crippen MR) is 76.2 cm³/mol. The van der Waals surface area contributed by atoms with Gasteiger partial charge in [-0.25, -0.2) is 4.98 Å². The van der Waals surface area contributed by atoms with Crippen molar-refractivity contribution in [2.24, 2.45) is 0 Å². The Hall–Kier alpha value is -1.95.